The van der Waals surface area contributed by atoms with Crippen LogP contribution in [-0.2, 0) is 11.0 Å². The molecular formula is C12H11F3N2O4. The Bertz CT molecular complexity index is 597. The summed E-state index contributed by atoms with van der Waals surface area (Å²) in [6.45, 7) is 0. The maximum Gasteiger partial charge on any atom is 0.423 e. The van der Waals surface area contributed by atoms with E-state index in [4.69, 9.17) is 5.11 Å². The van der Waals surface area contributed by atoms with Gasteiger partial charge in [-0.2, -0.15) is 13.2 Å². The van der Waals surface area contributed by atoms with Crippen LogP contribution in [0.4, 0.5) is 24.5 Å². The first-order chi connectivity index (χ1) is 9.66. The van der Waals surface area contributed by atoms with E-state index in [2.05, 4.69) is 5.32 Å². The summed E-state index contributed by atoms with van der Waals surface area (Å²) in [4.78, 5) is 20.7. The predicted octanol–water partition coefficient (Wildman–Crippen LogP) is 3.03. The lowest BCUT2D eigenvalue weighted by Gasteiger charge is -2.39. The first kappa shape index (κ1) is 15.1. The van der Waals surface area contributed by atoms with Crippen molar-refractivity contribution in [3.63, 3.8) is 0 Å². The molecule has 0 bridgehead atoms. The molecule has 6 nitrogen and oxygen atoms in total. The zero-order chi connectivity index (χ0) is 15.8. The molecule has 0 heterocycles. The van der Waals surface area contributed by atoms with E-state index in [-0.39, 0.29) is 5.69 Å². The van der Waals surface area contributed by atoms with Gasteiger partial charge in [0.15, 0.2) is 0 Å². The third kappa shape index (κ3) is 2.76. The van der Waals surface area contributed by atoms with Crippen LogP contribution in [0.15, 0.2) is 18.2 Å². The standard InChI is InChI=1S/C12H11F3N2O4/c13-12(14,15)8-6-7(2-3-9(8)17(20)21)16-11(10(18)19)4-1-5-11/h2-3,6,16H,1,4-5H2,(H,18,19). The Morgan fingerprint density at radius 1 is 1.38 bits per heavy atom. The summed E-state index contributed by atoms with van der Waals surface area (Å²) < 4.78 is 38.5. The van der Waals surface area contributed by atoms with Gasteiger partial charge in [0.2, 0.25) is 0 Å². The molecule has 0 unspecified atom stereocenters. The molecule has 9 heteroatoms. The van der Waals surface area contributed by atoms with Gasteiger partial charge < -0.3 is 10.4 Å². The number of carbonyl (C=O) groups is 1. The van der Waals surface area contributed by atoms with Crippen molar-refractivity contribution < 1.29 is 28.0 Å². The van der Waals surface area contributed by atoms with Crippen LogP contribution in [0.2, 0.25) is 0 Å². The number of nitro benzene ring substituents is 1. The number of carboxylic acid groups (broad SMARTS) is 1. The minimum absolute atomic E-state index is 0.102. The van der Waals surface area contributed by atoms with Gasteiger partial charge in [-0.15, -0.1) is 0 Å². The molecule has 1 aliphatic carbocycles. The zero-order valence-corrected chi connectivity index (χ0v) is 10.6. The normalized spacial score (nSPS) is 16.9. The van der Waals surface area contributed by atoms with E-state index in [0.29, 0.717) is 25.3 Å². The van der Waals surface area contributed by atoms with Gasteiger partial charge in [-0.25, -0.2) is 4.79 Å². The second-order valence-corrected chi connectivity index (χ2v) is 4.85. The second kappa shape index (κ2) is 4.90. The fourth-order valence-corrected chi connectivity index (χ4v) is 2.20. The molecule has 0 radical (unpaired) electrons. The van der Waals surface area contributed by atoms with Gasteiger partial charge in [0.1, 0.15) is 11.1 Å². The molecule has 0 atom stereocenters. The molecule has 114 valence electrons. The maximum absolute atomic E-state index is 12.8. The van der Waals surface area contributed by atoms with Crippen molar-refractivity contribution in [3.8, 4) is 0 Å². The number of alkyl halides is 3. The Morgan fingerprint density at radius 2 is 2.00 bits per heavy atom. The van der Waals surface area contributed by atoms with Gasteiger partial charge in [0, 0.05) is 11.8 Å². The van der Waals surface area contributed by atoms with Crippen LogP contribution in [0.5, 0.6) is 0 Å². The van der Waals surface area contributed by atoms with E-state index in [9.17, 15) is 28.1 Å². The van der Waals surface area contributed by atoms with E-state index in [1.165, 1.54) is 0 Å². The fourth-order valence-electron chi connectivity index (χ4n) is 2.20. The summed E-state index contributed by atoms with van der Waals surface area (Å²) in [6, 6.07) is 2.37. The SMILES string of the molecule is O=C(O)C1(Nc2ccc([N+](=O)[O-])c(C(F)(F)F)c2)CCC1. The lowest BCUT2D eigenvalue weighted by molar-refractivity contribution is -0.388. The number of halogens is 3. The number of nitrogens with one attached hydrogen (secondary N) is 1. The van der Waals surface area contributed by atoms with Gasteiger partial charge in [-0.3, -0.25) is 10.1 Å². The summed E-state index contributed by atoms with van der Waals surface area (Å²) >= 11 is 0. The molecular weight excluding hydrogens is 293 g/mol. The second-order valence-electron chi connectivity index (χ2n) is 4.85. The van der Waals surface area contributed by atoms with Gasteiger partial charge in [0.25, 0.3) is 5.69 Å². The van der Waals surface area contributed by atoms with Crippen LogP contribution in [0.25, 0.3) is 0 Å². The Balaban J connectivity index is 2.39. The summed E-state index contributed by atoms with van der Waals surface area (Å²) in [5.41, 5.74) is -3.86. The third-order valence-electron chi connectivity index (χ3n) is 3.50. The molecule has 2 rings (SSSR count). The summed E-state index contributed by atoms with van der Waals surface area (Å²) in [5.74, 6) is -1.15. The Morgan fingerprint density at radius 3 is 2.38 bits per heavy atom. The van der Waals surface area contributed by atoms with E-state index in [1.807, 2.05) is 0 Å². The smallest absolute Gasteiger partial charge is 0.423 e. The molecule has 1 saturated carbocycles. The summed E-state index contributed by atoms with van der Waals surface area (Å²) in [7, 11) is 0. The van der Waals surface area contributed by atoms with Gasteiger partial charge in [0.05, 0.1) is 4.92 Å². The first-order valence-corrected chi connectivity index (χ1v) is 6.03. The molecule has 1 aromatic rings. The Kier molecular flexibility index (Phi) is 3.52. The molecule has 0 aliphatic heterocycles. The van der Waals surface area contributed by atoms with Crippen molar-refractivity contribution in [1.82, 2.24) is 0 Å². The molecule has 1 aromatic carbocycles. The van der Waals surface area contributed by atoms with Crippen molar-refractivity contribution in [2.24, 2.45) is 0 Å². The highest BCUT2D eigenvalue weighted by Crippen LogP contribution is 2.40. The number of rotatable bonds is 4. The van der Waals surface area contributed by atoms with E-state index in [0.717, 1.165) is 12.1 Å². The van der Waals surface area contributed by atoms with Crippen LogP contribution < -0.4 is 5.32 Å². The highest BCUT2D eigenvalue weighted by atomic mass is 19.4. The Hall–Kier alpha value is -2.32. The minimum atomic E-state index is -4.89. The van der Waals surface area contributed by atoms with Gasteiger partial charge in [-0.05, 0) is 31.4 Å². The third-order valence-corrected chi connectivity index (χ3v) is 3.50. The van der Waals surface area contributed by atoms with E-state index < -0.39 is 33.9 Å². The number of carboxylic acids is 1. The van der Waals surface area contributed by atoms with Gasteiger partial charge >= 0.3 is 12.1 Å². The fraction of sp³-hybridized carbons (Fsp3) is 0.417. The van der Waals surface area contributed by atoms with Gasteiger partial charge in [-0.1, -0.05) is 0 Å². The average molecular weight is 304 g/mol. The number of anilines is 1. The van der Waals surface area contributed by atoms with Crippen molar-refractivity contribution in [3.05, 3.63) is 33.9 Å². The molecule has 0 aromatic heterocycles. The minimum Gasteiger partial charge on any atom is -0.480 e. The molecule has 0 spiro atoms. The molecule has 1 fully saturated rings. The lowest BCUT2D eigenvalue weighted by Crippen LogP contribution is -2.52. The number of nitro groups is 1. The number of benzene rings is 1. The molecule has 2 N–H and O–H groups in total. The van der Waals surface area contributed by atoms with Crippen molar-refractivity contribution >= 4 is 17.3 Å². The quantitative estimate of drug-likeness (QED) is 0.659. The lowest BCUT2D eigenvalue weighted by atomic mass is 9.76. The number of hydrogen-bond acceptors (Lipinski definition) is 4. The van der Waals surface area contributed by atoms with Crippen LogP contribution in [0.3, 0.4) is 0 Å². The molecule has 0 saturated heterocycles. The predicted molar refractivity (Wildman–Crippen MR) is 65.9 cm³/mol. The van der Waals surface area contributed by atoms with Crippen molar-refractivity contribution in [2.45, 2.75) is 31.0 Å². The number of nitrogens with zero attached hydrogens (tertiary/aromatic N) is 1. The monoisotopic (exact) mass is 304 g/mol. The van der Waals surface area contributed by atoms with E-state index >= 15 is 0 Å². The molecule has 0 amide bonds. The van der Waals surface area contributed by atoms with Crippen LogP contribution in [-0.4, -0.2) is 21.5 Å². The maximum atomic E-state index is 12.8. The van der Waals surface area contributed by atoms with Crippen LogP contribution >= 0.6 is 0 Å². The van der Waals surface area contributed by atoms with E-state index in [1.54, 1.807) is 0 Å². The van der Waals surface area contributed by atoms with Crippen LogP contribution in [0.1, 0.15) is 24.8 Å². The molecule has 21 heavy (non-hydrogen) atoms. The van der Waals surface area contributed by atoms with Crippen molar-refractivity contribution in [2.75, 3.05) is 5.32 Å². The van der Waals surface area contributed by atoms with Crippen LogP contribution in [0, 0.1) is 10.1 Å². The van der Waals surface area contributed by atoms with Crippen molar-refractivity contribution in [1.29, 1.82) is 0 Å². The summed E-state index contributed by atoms with van der Waals surface area (Å²) in [5, 5.41) is 22.3. The summed E-state index contributed by atoms with van der Waals surface area (Å²) in [6.07, 6.45) is -3.66. The number of hydrogen-bond donors (Lipinski definition) is 2. The Labute approximate surface area is 116 Å². The zero-order valence-electron chi connectivity index (χ0n) is 10.6. The largest absolute Gasteiger partial charge is 0.480 e. The highest BCUT2D eigenvalue weighted by Gasteiger charge is 2.45. The first-order valence-electron chi connectivity index (χ1n) is 6.03. The number of aliphatic carboxylic acids is 1. The molecule has 1 aliphatic rings. The average Bonchev–Trinajstić information content (AvgIpc) is 2.31. The topological polar surface area (TPSA) is 92.5 Å². The highest BCUT2D eigenvalue weighted by molar-refractivity contribution is 5.84.